The first kappa shape index (κ1) is 35.1. The lowest BCUT2D eigenvalue weighted by molar-refractivity contribution is -0.130. The molecule has 2 spiro atoms. The number of benzene rings is 2. The van der Waals surface area contributed by atoms with Crippen LogP contribution in [0, 0.1) is 29.1 Å². The molecule has 2 amide bonds. The third-order valence-electron chi connectivity index (χ3n) is 12.7. The van der Waals surface area contributed by atoms with Gasteiger partial charge in [0.25, 0.3) is 5.91 Å². The molecule has 2 saturated carbocycles. The van der Waals surface area contributed by atoms with Crippen molar-refractivity contribution in [3.63, 3.8) is 0 Å². The van der Waals surface area contributed by atoms with Crippen molar-refractivity contribution in [2.45, 2.75) is 76.2 Å². The zero-order valence-electron chi connectivity index (χ0n) is 29.7. The number of rotatable bonds is 3. The normalized spacial score (nSPS) is 36.8. The molecule has 3 aliphatic heterocycles. The van der Waals surface area contributed by atoms with Gasteiger partial charge in [0.15, 0.2) is 0 Å². The fraction of sp³-hybridized carbons (Fsp3) is 0.600. The van der Waals surface area contributed by atoms with Crippen LogP contribution in [-0.2, 0) is 36.0 Å². The van der Waals surface area contributed by atoms with Crippen LogP contribution in [0.1, 0.15) is 79.8 Å². The molecule has 2 aromatic carbocycles. The number of methoxy groups -OCH3 is 1. The molecule has 2 aromatic rings. The van der Waals surface area contributed by atoms with Crippen LogP contribution >= 0.6 is 11.6 Å². The highest BCUT2D eigenvalue weighted by Gasteiger charge is 2.50. The van der Waals surface area contributed by atoms with Crippen LogP contribution in [0.15, 0.2) is 52.9 Å². The van der Waals surface area contributed by atoms with Gasteiger partial charge in [-0.3, -0.25) is 14.3 Å². The van der Waals surface area contributed by atoms with Crippen LogP contribution in [-0.4, -0.2) is 67.9 Å². The first-order chi connectivity index (χ1) is 24.6. The Morgan fingerprint density at radius 2 is 2.00 bits per heavy atom. The summed E-state index contributed by atoms with van der Waals surface area (Å²) in [7, 11) is -1.65. The van der Waals surface area contributed by atoms with Crippen molar-refractivity contribution < 1.29 is 28.0 Å². The van der Waals surface area contributed by atoms with Crippen molar-refractivity contribution in [3.8, 4) is 5.75 Å². The summed E-state index contributed by atoms with van der Waals surface area (Å²) in [6, 6.07) is 11.7. The molecule has 0 aromatic heterocycles. The van der Waals surface area contributed by atoms with Crippen molar-refractivity contribution in [1.82, 2.24) is 4.72 Å². The van der Waals surface area contributed by atoms with Crippen molar-refractivity contribution in [2.75, 3.05) is 50.7 Å². The lowest BCUT2D eigenvalue weighted by Gasteiger charge is -2.46. The van der Waals surface area contributed by atoms with Crippen LogP contribution in [0.2, 0.25) is 5.02 Å². The molecule has 8 rings (SSSR count). The van der Waals surface area contributed by atoms with E-state index in [1.54, 1.807) is 13.2 Å². The molecular weight excluding hydrogens is 686 g/mol. The molecule has 274 valence electrons. The summed E-state index contributed by atoms with van der Waals surface area (Å²) in [5.41, 5.74) is 3.55. The van der Waals surface area contributed by atoms with Crippen LogP contribution in [0.3, 0.4) is 0 Å². The quantitative estimate of drug-likeness (QED) is 0.342. The van der Waals surface area contributed by atoms with E-state index in [2.05, 4.69) is 38.3 Å². The Morgan fingerprint density at radius 1 is 1.14 bits per heavy atom. The number of nitrogens with zero attached hydrogens (tertiary/aromatic N) is 2. The first-order valence-corrected chi connectivity index (χ1v) is 20.8. The van der Waals surface area contributed by atoms with Gasteiger partial charge >= 0.3 is 0 Å². The minimum atomic E-state index is -3.42. The van der Waals surface area contributed by atoms with Gasteiger partial charge in [-0.2, -0.15) is 0 Å². The summed E-state index contributed by atoms with van der Waals surface area (Å²) in [5, 5.41) is 0.749. The van der Waals surface area contributed by atoms with Crippen molar-refractivity contribution in [1.29, 1.82) is 0 Å². The van der Waals surface area contributed by atoms with E-state index in [0.717, 1.165) is 74.7 Å². The molecule has 3 fully saturated rings. The van der Waals surface area contributed by atoms with Crippen LogP contribution in [0.25, 0.3) is 0 Å². The zero-order valence-corrected chi connectivity index (χ0v) is 31.3. The van der Waals surface area contributed by atoms with E-state index < -0.39 is 15.8 Å². The highest BCUT2D eigenvalue weighted by Crippen LogP contribution is 2.51. The maximum atomic E-state index is 14.6. The van der Waals surface area contributed by atoms with Crippen LogP contribution < -0.4 is 14.4 Å². The Morgan fingerprint density at radius 3 is 2.76 bits per heavy atom. The number of amides is 2. The number of halogens is 1. The van der Waals surface area contributed by atoms with E-state index in [1.807, 2.05) is 25.1 Å². The van der Waals surface area contributed by atoms with Crippen molar-refractivity contribution in [2.24, 2.45) is 33.4 Å². The van der Waals surface area contributed by atoms with E-state index in [4.69, 9.17) is 25.8 Å². The molecular formula is C40H50ClN3O6S. The topological polar surface area (TPSA) is 107 Å². The van der Waals surface area contributed by atoms with E-state index in [1.165, 1.54) is 11.1 Å². The summed E-state index contributed by atoms with van der Waals surface area (Å²) in [4.78, 5) is 30.0. The van der Waals surface area contributed by atoms with Gasteiger partial charge in [0.2, 0.25) is 5.91 Å². The maximum absolute atomic E-state index is 14.6. The van der Waals surface area contributed by atoms with Gasteiger partial charge in [-0.05, 0) is 122 Å². The lowest BCUT2D eigenvalue weighted by atomic mass is 9.61. The van der Waals surface area contributed by atoms with Crippen LogP contribution in [0.4, 0.5) is 5.69 Å². The molecule has 6 aliphatic rings. The smallest absolute Gasteiger partial charge is 0.286 e. The van der Waals surface area contributed by atoms with E-state index in [0.29, 0.717) is 49.9 Å². The monoisotopic (exact) mass is 735 g/mol. The maximum Gasteiger partial charge on any atom is 0.286 e. The minimum absolute atomic E-state index is 0.0368. The number of ether oxygens (including phenoxy) is 3. The third-order valence-corrected chi connectivity index (χ3v) is 14.9. The van der Waals surface area contributed by atoms with Gasteiger partial charge in [0.05, 0.1) is 30.8 Å². The Labute approximate surface area is 307 Å². The third kappa shape index (κ3) is 6.86. The molecule has 11 heteroatoms. The van der Waals surface area contributed by atoms with E-state index in [-0.39, 0.29) is 40.4 Å². The predicted molar refractivity (Wildman–Crippen MR) is 199 cm³/mol. The molecule has 1 saturated heterocycles. The fourth-order valence-electron chi connectivity index (χ4n) is 9.75. The Bertz CT molecular complexity index is 1840. The van der Waals surface area contributed by atoms with Gasteiger partial charge in [-0.15, -0.1) is 4.36 Å². The highest BCUT2D eigenvalue weighted by atomic mass is 35.5. The largest absolute Gasteiger partial charge is 0.490 e. The summed E-state index contributed by atoms with van der Waals surface area (Å²) >= 11 is 6.46. The van der Waals surface area contributed by atoms with Crippen molar-refractivity contribution >= 4 is 39.0 Å². The average molecular weight is 736 g/mol. The van der Waals surface area contributed by atoms with Crippen molar-refractivity contribution in [3.05, 3.63) is 70.3 Å². The molecule has 2 bridgehead atoms. The van der Waals surface area contributed by atoms with E-state index in [9.17, 15) is 13.8 Å². The number of hydrogen-bond donors (Lipinski definition) is 1. The number of allylic oxidation sites excluding steroid dienone is 1. The molecule has 9 nitrogen and oxygen atoms in total. The number of fused-ring (bicyclic) bond motifs is 4. The van der Waals surface area contributed by atoms with Gasteiger partial charge in [-0.25, -0.2) is 4.21 Å². The zero-order chi connectivity index (χ0) is 35.4. The predicted octanol–water partition coefficient (Wildman–Crippen LogP) is 6.91. The standard InChI is InChI=1S/C40H50ClN3O6S/c1-26-5-3-7-35(48-2)32-11-8-29(32)21-44-23-40(14-4-6-27-17-31(41)10-12-33(27)40)25-50-36-13-9-28(18-34(36)44)37(45)42-51(47,22-26)43-38(46)30-19-39(20-30)15-16-49-24-39/h3,7,9-10,12-13,17-18,26,29-30,32,35H,4-6,8,11,14-16,19-25H2,1-2H3,(H,42,43,45,46,47)/b7-3+/t26-,29-,30?,32+,35-,39?,40-,51?/m0/s1. The highest BCUT2D eigenvalue weighted by molar-refractivity contribution is 7.92. The number of anilines is 1. The number of carbonyl (C=O) groups is 2. The van der Waals surface area contributed by atoms with Crippen LogP contribution in [0.5, 0.6) is 5.75 Å². The molecule has 0 radical (unpaired) electrons. The molecule has 1 N–H and O–H groups in total. The summed E-state index contributed by atoms with van der Waals surface area (Å²) in [6.45, 7) is 5.43. The lowest BCUT2D eigenvalue weighted by Crippen LogP contribution is -2.49. The second-order valence-electron chi connectivity index (χ2n) is 16.3. The first-order valence-electron chi connectivity index (χ1n) is 18.8. The summed E-state index contributed by atoms with van der Waals surface area (Å²) in [5.74, 6) is 0.329. The Kier molecular flexibility index (Phi) is 9.51. The van der Waals surface area contributed by atoms with Gasteiger partial charge < -0.3 is 19.1 Å². The van der Waals surface area contributed by atoms with Gasteiger partial charge in [0.1, 0.15) is 15.7 Å². The Balaban J connectivity index is 1.16. The number of hydrogen-bond acceptors (Lipinski definition) is 7. The second-order valence-corrected chi connectivity index (χ2v) is 18.8. The molecule has 51 heavy (non-hydrogen) atoms. The SMILES string of the molecule is CO[C@H]1/C=C/C[C@H](C)CS(=O)(NC(=O)C2CC3(CCOC3)C2)=NC(=O)c2ccc3c(c2)N(C[C@@H]2CC[C@H]21)C[C@@]1(CCCc2cc(Cl)ccc21)CO3. The number of carbonyl (C=O) groups excluding carboxylic acids is 2. The number of aryl methyl sites for hydroxylation is 1. The fourth-order valence-corrected chi connectivity index (χ4v) is 11.9. The van der Waals surface area contributed by atoms with Gasteiger partial charge in [-0.1, -0.05) is 36.7 Å². The van der Waals surface area contributed by atoms with E-state index >= 15 is 0 Å². The average Bonchev–Trinajstić information content (AvgIpc) is 3.52. The molecule has 3 heterocycles. The van der Waals surface area contributed by atoms with Gasteiger partial charge in [0, 0.05) is 48.7 Å². The summed E-state index contributed by atoms with van der Waals surface area (Å²) in [6.07, 6.45) is 12.4. The molecule has 3 aliphatic carbocycles. The number of nitrogens with one attached hydrogen (secondary N) is 1. The minimum Gasteiger partial charge on any atom is -0.490 e. The molecule has 1 unspecified atom stereocenters. The molecule has 6 atom stereocenters. The Hall–Kier alpha value is -2.92. The second kappa shape index (κ2) is 13.8. The summed E-state index contributed by atoms with van der Waals surface area (Å²) < 4.78 is 40.1.